The smallest absolute Gasteiger partial charge is 0.312 e. The Morgan fingerprint density at radius 1 is 0.944 bits per heavy atom. The van der Waals surface area contributed by atoms with Gasteiger partial charge in [0.25, 0.3) is 17.7 Å². The van der Waals surface area contributed by atoms with Gasteiger partial charge in [0.15, 0.2) is 5.78 Å². The number of hydrogen-bond donors (Lipinski definition) is 4. The number of nitrogens with one attached hydrogen (secondary N) is 2. The molecule has 4 heterocycles. The Balaban J connectivity index is 1.12. The van der Waals surface area contributed by atoms with Crippen LogP contribution in [0.3, 0.4) is 0 Å². The largest absolute Gasteiger partial charge is 0.496 e. The first kappa shape index (κ1) is 71.6. The van der Waals surface area contributed by atoms with E-state index >= 15 is 0 Å². The summed E-state index contributed by atoms with van der Waals surface area (Å²) in [4.78, 5) is 136. The molecule has 0 aliphatic carbocycles. The predicted molar refractivity (Wildman–Crippen MR) is 333 cm³/mol. The van der Waals surface area contributed by atoms with Crippen molar-refractivity contribution >= 4 is 76.4 Å². The number of unbranched alkanes of at least 4 members (excludes halogenated alkanes) is 2. The van der Waals surface area contributed by atoms with E-state index in [0.29, 0.717) is 42.7 Å². The Bertz CT molecular complexity index is 3090. The summed E-state index contributed by atoms with van der Waals surface area (Å²) in [6.07, 6.45) is 5.94. The molecule has 4 aliphatic rings. The molecule has 0 saturated carbocycles. The fourth-order valence-corrected chi connectivity index (χ4v) is 12.1. The number of carbonyl (C=O) groups is 10. The van der Waals surface area contributed by atoms with E-state index in [1.165, 1.54) is 55.4 Å². The molecule has 0 radical (unpaired) electrons. The Kier molecular flexibility index (Phi) is 25.5. The summed E-state index contributed by atoms with van der Waals surface area (Å²) in [5, 5.41) is 17.6. The number of amides is 7. The highest BCUT2D eigenvalue weighted by molar-refractivity contribution is 6.35. The minimum Gasteiger partial charge on any atom is -0.496 e. The van der Waals surface area contributed by atoms with Crippen LogP contribution in [0.25, 0.3) is 0 Å². The highest BCUT2D eigenvalue weighted by Crippen LogP contribution is 2.50. The van der Waals surface area contributed by atoms with E-state index in [9.17, 15) is 53.1 Å². The molecule has 24 heteroatoms. The highest BCUT2D eigenvalue weighted by atomic mass is 35.5. The Labute approximate surface area is 531 Å². The molecule has 10 atom stereocenters. The van der Waals surface area contributed by atoms with Gasteiger partial charge in [0.05, 0.1) is 50.8 Å². The molecule has 2 fully saturated rings. The number of Topliss-reactive ketones (excluding diaryl/α,β-unsaturated/α-hetero) is 2. The van der Waals surface area contributed by atoms with E-state index in [1.807, 2.05) is 26.8 Å². The molecule has 492 valence electrons. The number of hydrogen-bond acceptors (Lipinski definition) is 17. The first-order chi connectivity index (χ1) is 42.5. The molecule has 4 bridgehead atoms. The number of esters is 2. The SMILES string of the molecule is COc1cc(C(=O)N(C)CC[C@@H](C)C(=O)O[C@H]2CC(=O)N(C)c3cc(cc(OC)c3Cl)C/C(C)=C/C=C/[C@@H](OC)[C@]3(O)CC(=O)O[C@@H](C3)[C@@H](C)[C@@H]3O[C@@]23C)ccc1CC(=O)[C@H](CCCNC(N)=O)NC(=O)[C@@H](CC(=O)CCCCCN1C(=O)C=CC1=O)C(C)C. The van der Waals surface area contributed by atoms with Gasteiger partial charge in [-0.05, 0) is 88.1 Å². The maximum atomic E-state index is 14.5. The molecular weight excluding hydrogens is 1180 g/mol. The maximum Gasteiger partial charge on any atom is 0.312 e. The minimum atomic E-state index is -1.64. The number of urea groups is 1. The summed E-state index contributed by atoms with van der Waals surface area (Å²) in [7, 11) is 7.44. The number of allylic oxidation sites excluding steroid dienone is 3. The lowest BCUT2D eigenvalue weighted by Crippen LogP contribution is -2.53. The van der Waals surface area contributed by atoms with Crippen LogP contribution in [0.4, 0.5) is 10.5 Å². The van der Waals surface area contributed by atoms with E-state index in [0.717, 1.165) is 16.0 Å². The van der Waals surface area contributed by atoms with Gasteiger partial charge < -0.3 is 59.7 Å². The van der Waals surface area contributed by atoms with Crippen LogP contribution in [0.15, 0.2) is 66.3 Å². The maximum absolute atomic E-state index is 14.5. The number of imide groups is 1. The second-order valence-corrected chi connectivity index (χ2v) is 25.1. The predicted octanol–water partition coefficient (Wildman–Crippen LogP) is 6.49. The molecule has 2 aromatic carbocycles. The fraction of sp³-hybridized carbons (Fsp3) is 0.576. The molecule has 2 saturated heterocycles. The average molecular weight is 1270 g/mol. The van der Waals surface area contributed by atoms with Gasteiger partial charge in [-0.3, -0.25) is 48.1 Å². The van der Waals surface area contributed by atoms with Crippen molar-refractivity contribution in [3.8, 4) is 11.5 Å². The van der Waals surface area contributed by atoms with Gasteiger partial charge in [-0.25, -0.2) is 4.79 Å². The van der Waals surface area contributed by atoms with Gasteiger partial charge in [-0.15, -0.1) is 0 Å². The van der Waals surface area contributed by atoms with E-state index in [-0.39, 0.29) is 117 Å². The number of nitrogens with zero attached hydrogens (tertiary/aromatic N) is 3. The van der Waals surface area contributed by atoms with Crippen LogP contribution in [-0.2, 0) is 70.1 Å². The molecule has 90 heavy (non-hydrogen) atoms. The van der Waals surface area contributed by atoms with Crippen LogP contribution >= 0.6 is 11.6 Å². The Morgan fingerprint density at radius 3 is 2.30 bits per heavy atom. The molecule has 0 aromatic heterocycles. The van der Waals surface area contributed by atoms with E-state index in [4.69, 9.17) is 45.8 Å². The molecule has 0 spiro atoms. The van der Waals surface area contributed by atoms with Crippen molar-refractivity contribution in [3.05, 3.63) is 88.0 Å². The first-order valence-corrected chi connectivity index (χ1v) is 31.1. The van der Waals surface area contributed by atoms with Crippen LogP contribution in [0.1, 0.15) is 134 Å². The summed E-state index contributed by atoms with van der Waals surface area (Å²) >= 11 is 6.87. The van der Waals surface area contributed by atoms with Crippen LogP contribution < -0.4 is 30.7 Å². The summed E-state index contributed by atoms with van der Waals surface area (Å²) in [6.45, 7) is 11.2. The number of halogens is 1. The topological polar surface area (TPSA) is 309 Å². The number of ether oxygens (including phenoxy) is 6. The zero-order valence-electron chi connectivity index (χ0n) is 53.6. The molecular formula is C66H89ClN6O17. The van der Waals surface area contributed by atoms with Crippen molar-refractivity contribution in [1.29, 1.82) is 0 Å². The molecule has 23 nitrogen and oxygen atoms in total. The molecule has 0 unspecified atom stereocenters. The number of methoxy groups -OCH3 is 3. The monoisotopic (exact) mass is 1270 g/mol. The van der Waals surface area contributed by atoms with Crippen molar-refractivity contribution in [2.75, 3.05) is 60.0 Å². The Morgan fingerprint density at radius 2 is 1.64 bits per heavy atom. The zero-order chi connectivity index (χ0) is 66.4. The number of nitrogens with two attached hydrogens (primary N) is 1. The van der Waals surface area contributed by atoms with Crippen LogP contribution in [0.2, 0.25) is 5.02 Å². The second-order valence-electron chi connectivity index (χ2n) is 24.7. The number of rotatable bonds is 27. The molecule has 7 amide bonds. The Hall–Kier alpha value is -7.47. The fourth-order valence-electron chi connectivity index (χ4n) is 11.8. The molecule has 5 N–H and O–H groups in total. The van der Waals surface area contributed by atoms with Crippen LogP contribution in [0.5, 0.6) is 11.5 Å². The van der Waals surface area contributed by atoms with Crippen molar-refractivity contribution < 1.29 is 81.5 Å². The van der Waals surface area contributed by atoms with E-state index in [2.05, 4.69) is 10.6 Å². The van der Waals surface area contributed by atoms with Crippen LogP contribution in [0, 0.1) is 23.7 Å². The standard InChI is InChI=1S/C66H89ClN6O17/c1-38(2)46(34-45(74)18-13-12-14-27-73-55(76)23-24-56(73)77)61(80)70-47(19-16-26-69-64(68)83)49(75)32-43-21-22-44(33-50(43)85-9)62(81)71(7)28-25-40(4)63(82)89-54-35-57(78)72(8)48-30-42(31-51(86-10)59(48)67)29-39(3)17-15-20-53(87-11)66(84)36-52(88-58(79)37-66)41(5)60-65(54,6)90-60/h15,17,20-24,30-31,33,38,40-41,46-47,52-54,60,84H,12-14,16,18-19,25-29,32,34-37H2,1-11H3,(H,70,80)(H3,68,69,83)/b20-15+,39-17+/t40-,41-,46+,47+,52+,53-,54+,60+,65+,66-/m1/s1. The second kappa shape index (κ2) is 32.0. The number of carbonyl (C=O) groups excluding carboxylic acids is 10. The number of epoxide rings is 1. The van der Waals surface area contributed by atoms with Crippen molar-refractivity contribution in [2.45, 2.75) is 167 Å². The number of ketones is 2. The average Bonchev–Trinajstić information content (AvgIpc) is 1.57. The van der Waals surface area contributed by atoms with Crippen molar-refractivity contribution in [1.82, 2.24) is 20.4 Å². The number of fused-ring (bicyclic) bond motifs is 5. The first-order valence-electron chi connectivity index (χ1n) is 30.7. The molecule has 2 aromatic rings. The van der Waals surface area contributed by atoms with Gasteiger partial charge in [0, 0.05) is 102 Å². The summed E-state index contributed by atoms with van der Waals surface area (Å²) in [5.41, 5.74) is 5.03. The lowest BCUT2D eigenvalue weighted by molar-refractivity contribution is -0.187. The van der Waals surface area contributed by atoms with Gasteiger partial charge in [-0.2, -0.15) is 0 Å². The third-order valence-electron chi connectivity index (χ3n) is 17.5. The van der Waals surface area contributed by atoms with Gasteiger partial charge in [-0.1, -0.05) is 75.6 Å². The van der Waals surface area contributed by atoms with Crippen LogP contribution in [-0.4, -0.2) is 171 Å². The third-order valence-corrected chi connectivity index (χ3v) is 17.9. The number of aliphatic hydroxyl groups is 1. The minimum absolute atomic E-state index is 0.00540. The van der Waals surface area contributed by atoms with Crippen molar-refractivity contribution in [3.63, 3.8) is 0 Å². The number of anilines is 1. The number of primary amides is 1. The quantitative estimate of drug-likeness (QED) is 0.0322. The summed E-state index contributed by atoms with van der Waals surface area (Å²) in [6, 6.07) is 6.38. The van der Waals surface area contributed by atoms with E-state index in [1.54, 1.807) is 65.2 Å². The van der Waals surface area contributed by atoms with E-state index < -0.39 is 101 Å². The third kappa shape index (κ3) is 18.6. The van der Waals surface area contributed by atoms with Crippen molar-refractivity contribution in [2.24, 2.45) is 29.4 Å². The van der Waals surface area contributed by atoms with Gasteiger partial charge in [0.2, 0.25) is 11.8 Å². The summed E-state index contributed by atoms with van der Waals surface area (Å²) in [5.74, 6) is -5.81. The lowest BCUT2D eigenvalue weighted by Gasteiger charge is -2.41. The highest BCUT2D eigenvalue weighted by Gasteiger charge is 2.64. The zero-order valence-corrected chi connectivity index (χ0v) is 54.3. The van der Waals surface area contributed by atoms with Gasteiger partial charge >= 0.3 is 18.0 Å². The molecule has 6 rings (SSSR count). The summed E-state index contributed by atoms with van der Waals surface area (Å²) < 4.78 is 35.6. The normalized spacial score (nSPS) is 24.6. The molecule has 4 aliphatic heterocycles. The lowest BCUT2D eigenvalue weighted by atomic mass is 9.78. The van der Waals surface area contributed by atoms with Gasteiger partial charge in [0.1, 0.15) is 51.8 Å². The number of benzene rings is 2.